The molecule has 108 valence electrons. The average molecular weight is 291 g/mol. The van der Waals surface area contributed by atoms with Gasteiger partial charge in [-0.1, -0.05) is 12.1 Å². The van der Waals surface area contributed by atoms with Crippen LogP contribution in [0.1, 0.15) is 26.3 Å². The number of halogens is 2. The van der Waals surface area contributed by atoms with Gasteiger partial charge in [-0.25, -0.2) is 13.6 Å². The lowest BCUT2D eigenvalue weighted by Gasteiger charge is -2.06. The number of amides is 1. The standard InChI is InChI=1S/C15H11F2NO3/c16-11-5-6-12(13(17)7-11)14(19)18-8-9-1-3-10(4-2-9)15(20)21/h1-7H,8H2,(H,18,19)(H,20,21). The van der Waals surface area contributed by atoms with Crippen LogP contribution < -0.4 is 5.32 Å². The first-order chi connectivity index (χ1) is 9.97. The monoisotopic (exact) mass is 291 g/mol. The summed E-state index contributed by atoms with van der Waals surface area (Å²) in [5, 5.41) is 11.2. The molecule has 0 aliphatic rings. The minimum absolute atomic E-state index is 0.107. The second kappa shape index (κ2) is 6.13. The van der Waals surface area contributed by atoms with E-state index in [1.54, 1.807) is 12.1 Å². The second-order valence-electron chi connectivity index (χ2n) is 4.31. The summed E-state index contributed by atoms with van der Waals surface area (Å²) in [6.07, 6.45) is 0. The molecule has 0 atom stereocenters. The SMILES string of the molecule is O=C(O)c1ccc(CNC(=O)c2ccc(F)cc2F)cc1. The zero-order chi connectivity index (χ0) is 15.4. The van der Waals surface area contributed by atoms with Crippen molar-refractivity contribution in [2.45, 2.75) is 6.54 Å². The fourth-order valence-electron chi connectivity index (χ4n) is 1.72. The minimum Gasteiger partial charge on any atom is -0.478 e. The zero-order valence-electron chi connectivity index (χ0n) is 10.8. The van der Waals surface area contributed by atoms with Gasteiger partial charge in [0.05, 0.1) is 11.1 Å². The molecule has 2 rings (SSSR count). The van der Waals surface area contributed by atoms with Crippen LogP contribution in [0.15, 0.2) is 42.5 Å². The highest BCUT2D eigenvalue weighted by Crippen LogP contribution is 2.10. The third-order valence-electron chi connectivity index (χ3n) is 2.83. The van der Waals surface area contributed by atoms with E-state index in [1.807, 2.05) is 0 Å². The van der Waals surface area contributed by atoms with Gasteiger partial charge in [-0.3, -0.25) is 4.79 Å². The van der Waals surface area contributed by atoms with Gasteiger partial charge in [0.25, 0.3) is 5.91 Å². The molecule has 4 nitrogen and oxygen atoms in total. The van der Waals surface area contributed by atoms with Crippen LogP contribution in [0.2, 0.25) is 0 Å². The highest BCUT2D eigenvalue weighted by atomic mass is 19.1. The molecule has 0 radical (unpaired) electrons. The Balaban J connectivity index is 2.02. The third kappa shape index (κ3) is 3.62. The van der Waals surface area contributed by atoms with Crippen molar-refractivity contribution >= 4 is 11.9 Å². The minimum atomic E-state index is -1.04. The maximum absolute atomic E-state index is 13.4. The van der Waals surface area contributed by atoms with E-state index in [4.69, 9.17) is 5.11 Å². The van der Waals surface area contributed by atoms with Crippen LogP contribution in [-0.2, 0) is 6.54 Å². The predicted octanol–water partition coefficient (Wildman–Crippen LogP) is 2.59. The number of carbonyl (C=O) groups is 2. The summed E-state index contributed by atoms with van der Waals surface area (Å²) in [4.78, 5) is 22.4. The van der Waals surface area contributed by atoms with E-state index in [1.165, 1.54) is 12.1 Å². The number of carboxylic acids is 1. The first-order valence-corrected chi connectivity index (χ1v) is 6.03. The molecule has 0 bridgehead atoms. The molecular formula is C15H11F2NO3. The van der Waals surface area contributed by atoms with Crippen molar-refractivity contribution in [2.24, 2.45) is 0 Å². The van der Waals surface area contributed by atoms with Gasteiger partial charge >= 0.3 is 5.97 Å². The van der Waals surface area contributed by atoms with Crippen LogP contribution in [0.4, 0.5) is 8.78 Å². The zero-order valence-corrected chi connectivity index (χ0v) is 10.8. The molecule has 2 aromatic carbocycles. The number of nitrogens with one attached hydrogen (secondary N) is 1. The quantitative estimate of drug-likeness (QED) is 0.910. The number of hydrogen-bond donors (Lipinski definition) is 2. The topological polar surface area (TPSA) is 66.4 Å². The van der Waals surface area contributed by atoms with E-state index in [2.05, 4.69) is 5.32 Å². The molecular weight excluding hydrogens is 280 g/mol. The predicted molar refractivity (Wildman–Crippen MR) is 70.9 cm³/mol. The van der Waals surface area contributed by atoms with Crippen LogP contribution in [0.3, 0.4) is 0 Å². The summed E-state index contributed by atoms with van der Waals surface area (Å²) in [5.74, 6) is -3.41. The Morgan fingerprint density at radius 3 is 2.29 bits per heavy atom. The van der Waals surface area contributed by atoms with Crippen molar-refractivity contribution in [3.05, 3.63) is 70.8 Å². The number of hydrogen-bond acceptors (Lipinski definition) is 2. The average Bonchev–Trinajstić information content (AvgIpc) is 2.45. The molecule has 2 N–H and O–H groups in total. The Bertz CT molecular complexity index is 684. The molecule has 1 amide bonds. The Kier molecular flexibility index (Phi) is 4.27. The normalized spacial score (nSPS) is 10.2. The molecule has 2 aromatic rings. The van der Waals surface area contributed by atoms with Crippen LogP contribution in [0, 0.1) is 11.6 Å². The number of carbonyl (C=O) groups excluding carboxylic acids is 1. The lowest BCUT2D eigenvalue weighted by Crippen LogP contribution is -2.23. The highest BCUT2D eigenvalue weighted by Gasteiger charge is 2.12. The Morgan fingerprint density at radius 1 is 1.05 bits per heavy atom. The van der Waals surface area contributed by atoms with Crippen LogP contribution in [0.25, 0.3) is 0 Å². The summed E-state index contributed by atoms with van der Waals surface area (Å²) in [7, 11) is 0. The maximum Gasteiger partial charge on any atom is 0.335 e. The van der Waals surface area contributed by atoms with E-state index < -0.39 is 23.5 Å². The number of rotatable bonds is 4. The molecule has 0 aliphatic carbocycles. The fraction of sp³-hybridized carbons (Fsp3) is 0.0667. The van der Waals surface area contributed by atoms with Crippen molar-refractivity contribution in [1.82, 2.24) is 5.32 Å². The van der Waals surface area contributed by atoms with Gasteiger partial charge in [0, 0.05) is 12.6 Å². The van der Waals surface area contributed by atoms with E-state index >= 15 is 0 Å². The molecule has 6 heteroatoms. The lowest BCUT2D eigenvalue weighted by atomic mass is 10.1. The summed E-state index contributed by atoms with van der Waals surface area (Å²) < 4.78 is 26.1. The van der Waals surface area contributed by atoms with E-state index in [0.29, 0.717) is 11.6 Å². The largest absolute Gasteiger partial charge is 0.478 e. The van der Waals surface area contributed by atoms with Gasteiger partial charge in [-0.15, -0.1) is 0 Å². The fourth-order valence-corrected chi connectivity index (χ4v) is 1.72. The van der Waals surface area contributed by atoms with Crippen molar-refractivity contribution in [3.63, 3.8) is 0 Å². The van der Waals surface area contributed by atoms with Crippen molar-refractivity contribution in [2.75, 3.05) is 0 Å². The lowest BCUT2D eigenvalue weighted by molar-refractivity contribution is 0.0696. The Morgan fingerprint density at radius 2 is 1.71 bits per heavy atom. The molecule has 0 heterocycles. The molecule has 0 saturated carbocycles. The first-order valence-electron chi connectivity index (χ1n) is 6.03. The number of aromatic carboxylic acids is 1. The summed E-state index contributed by atoms with van der Waals surface area (Å²) in [5.41, 5.74) is 0.545. The van der Waals surface area contributed by atoms with Crippen molar-refractivity contribution in [3.8, 4) is 0 Å². The molecule has 0 aromatic heterocycles. The molecule has 21 heavy (non-hydrogen) atoms. The van der Waals surface area contributed by atoms with Crippen LogP contribution in [-0.4, -0.2) is 17.0 Å². The van der Waals surface area contributed by atoms with E-state index in [0.717, 1.165) is 12.1 Å². The summed E-state index contributed by atoms with van der Waals surface area (Å²) >= 11 is 0. The van der Waals surface area contributed by atoms with Crippen LogP contribution >= 0.6 is 0 Å². The molecule has 0 spiro atoms. The van der Waals surface area contributed by atoms with Gasteiger partial charge < -0.3 is 10.4 Å². The maximum atomic E-state index is 13.4. The first kappa shape index (κ1) is 14.6. The molecule has 0 fully saturated rings. The van der Waals surface area contributed by atoms with Gasteiger partial charge in [-0.05, 0) is 29.8 Å². The van der Waals surface area contributed by atoms with Crippen molar-refractivity contribution in [1.29, 1.82) is 0 Å². The molecule has 0 unspecified atom stereocenters. The summed E-state index contributed by atoms with van der Waals surface area (Å²) in [6, 6.07) is 8.60. The smallest absolute Gasteiger partial charge is 0.335 e. The van der Waals surface area contributed by atoms with E-state index in [-0.39, 0.29) is 17.7 Å². The number of benzene rings is 2. The summed E-state index contributed by atoms with van der Waals surface area (Å²) in [6.45, 7) is 0.107. The van der Waals surface area contributed by atoms with E-state index in [9.17, 15) is 18.4 Å². The van der Waals surface area contributed by atoms with Gasteiger partial charge in [0.15, 0.2) is 0 Å². The van der Waals surface area contributed by atoms with Gasteiger partial charge in [-0.2, -0.15) is 0 Å². The third-order valence-corrected chi connectivity index (χ3v) is 2.83. The van der Waals surface area contributed by atoms with Gasteiger partial charge in [0.1, 0.15) is 11.6 Å². The molecule has 0 aliphatic heterocycles. The molecule has 0 saturated heterocycles. The Hall–Kier alpha value is -2.76. The van der Waals surface area contributed by atoms with Crippen LogP contribution in [0.5, 0.6) is 0 Å². The van der Waals surface area contributed by atoms with Gasteiger partial charge in [0.2, 0.25) is 0 Å². The highest BCUT2D eigenvalue weighted by molar-refractivity contribution is 5.94. The number of carboxylic acid groups (broad SMARTS) is 1. The van der Waals surface area contributed by atoms with Crippen molar-refractivity contribution < 1.29 is 23.5 Å². The second-order valence-corrected chi connectivity index (χ2v) is 4.31. The Labute approximate surface area is 119 Å².